The van der Waals surface area contributed by atoms with Crippen LogP contribution in [0.2, 0.25) is 0 Å². The first-order valence-corrected chi connectivity index (χ1v) is 8.81. The van der Waals surface area contributed by atoms with Gasteiger partial charge >= 0.3 is 0 Å². The van der Waals surface area contributed by atoms with Crippen molar-refractivity contribution in [2.24, 2.45) is 0 Å². The maximum absolute atomic E-state index is 4.76. The van der Waals surface area contributed by atoms with Crippen molar-refractivity contribution in [2.75, 3.05) is 0 Å². The van der Waals surface area contributed by atoms with E-state index < -0.39 is 0 Å². The van der Waals surface area contributed by atoms with E-state index in [1.165, 1.54) is 41.3 Å². The Morgan fingerprint density at radius 3 is 2.35 bits per heavy atom. The van der Waals surface area contributed by atoms with E-state index in [1.807, 2.05) is 11.3 Å². The highest BCUT2D eigenvalue weighted by Crippen LogP contribution is 2.32. The van der Waals surface area contributed by atoms with E-state index in [9.17, 15) is 0 Å². The molecule has 1 rings (SSSR count). The summed E-state index contributed by atoms with van der Waals surface area (Å²) in [6, 6.07) is 0.983. The quantitative estimate of drug-likeness (QED) is 0.684. The van der Waals surface area contributed by atoms with E-state index in [2.05, 4.69) is 53.8 Å². The molecule has 0 saturated carbocycles. The highest BCUT2D eigenvalue weighted by atomic mass is 32.1. The SMILES string of the molecule is CCCCCC(C)NC(C)c1sc(C(C)(C)C)nc1C. The van der Waals surface area contributed by atoms with Crippen LogP contribution in [0.15, 0.2) is 0 Å². The van der Waals surface area contributed by atoms with Crippen LogP contribution in [0, 0.1) is 6.92 Å². The average Bonchev–Trinajstić information content (AvgIpc) is 2.71. The van der Waals surface area contributed by atoms with E-state index in [-0.39, 0.29) is 5.41 Å². The van der Waals surface area contributed by atoms with Gasteiger partial charge in [0.15, 0.2) is 0 Å². The van der Waals surface area contributed by atoms with Crippen molar-refractivity contribution in [2.45, 2.75) is 91.6 Å². The zero-order valence-corrected chi connectivity index (χ0v) is 15.2. The number of hydrogen-bond acceptors (Lipinski definition) is 3. The zero-order valence-electron chi connectivity index (χ0n) is 14.3. The molecule has 0 radical (unpaired) electrons. The summed E-state index contributed by atoms with van der Waals surface area (Å²) in [6.45, 7) is 15.7. The fraction of sp³-hybridized carbons (Fsp3) is 0.824. The van der Waals surface area contributed by atoms with Crippen LogP contribution in [-0.4, -0.2) is 11.0 Å². The molecule has 0 saturated heterocycles. The largest absolute Gasteiger partial charge is 0.307 e. The van der Waals surface area contributed by atoms with Crippen molar-refractivity contribution in [3.05, 3.63) is 15.6 Å². The standard InChI is InChI=1S/C17H32N2S/c1-8-9-10-11-12(2)18-13(3)15-14(4)19-16(20-15)17(5,6)7/h12-13,18H,8-11H2,1-7H3. The van der Waals surface area contributed by atoms with Gasteiger partial charge in [0, 0.05) is 22.4 Å². The molecule has 1 aromatic rings. The third-order valence-electron chi connectivity index (χ3n) is 3.64. The Bertz CT molecular complexity index is 404. The molecule has 116 valence electrons. The van der Waals surface area contributed by atoms with Gasteiger partial charge < -0.3 is 5.32 Å². The van der Waals surface area contributed by atoms with Gasteiger partial charge in [-0.1, -0.05) is 47.0 Å². The van der Waals surface area contributed by atoms with Gasteiger partial charge in [-0.05, 0) is 27.2 Å². The van der Waals surface area contributed by atoms with Crippen molar-refractivity contribution in [1.29, 1.82) is 0 Å². The summed E-state index contributed by atoms with van der Waals surface area (Å²) in [6.07, 6.45) is 5.23. The highest BCUT2D eigenvalue weighted by Gasteiger charge is 2.22. The van der Waals surface area contributed by atoms with Crippen molar-refractivity contribution < 1.29 is 0 Å². The molecule has 0 spiro atoms. The van der Waals surface area contributed by atoms with Gasteiger partial charge in [-0.25, -0.2) is 4.98 Å². The van der Waals surface area contributed by atoms with E-state index >= 15 is 0 Å². The fourth-order valence-electron chi connectivity index (χ4n) is 2.42. The maximum atomic E-state index is 4.76. The Labute approximate surface area is 129 Å². The van der Waals surface area contributed by atoms with Crippen molar-refractivity contribution in [3.63, 3.8) is 0 Å². The molecule has 1 N–H and O–H groups in total. The Morgan fingerprint density at radius 1 is 1.20 bits per heavy atom. The first-order chi connectivity index (χ1) is 9.25. The molecule has 2 atom stereocenters. The summed E-state index contributed by atoms with van der Waals surface area (Å²) in [5, 5.41) is 4.98. The predicted octanol–water partition coefficient (Wildman–Crippen LogP) is 5.37. The summed E-state index contributed by atoms with van der Waals surface area (Å²) in [5.41, 5.74) is 1.35. The number of unbranched alkanes of at least 4 members (excludes halogenated alkanes) is 2. The Kier molecular flexibility index (Phi) is 6.67. The summed E-state index contributed by atoms with van der Waals surface area (Å²) in [4.78, 5) is 6.16. The van der Waals surface area contributed by atoms with E-state index in [0.717, 1.165) is 0 Å². The predicted molar refractivity (Wildman–Crippen MR) is 90.7 cm³/mol. The highest BCUT2D eigenvalue weighted by molar-refractivity contribution is 7.12. The van der Waals surface area contributed by atoms with Gasteiger partial charge in [0.2, 0.25) is 0 Å². The third-order valence-corrected chi connectivity index (χ3v) is 5.41. The third kappa shape index (κ3) is 5.17. The van der Waals surface area contributed by atoms with Crippen molar-refractivity contribution in [1.82, 2.24) is 10.3 Å². The molecule has 1 aromatic heterocycles. The van der Waals surface area contributed by atoms with Gasteiger partial charge in [0.05, 0.1) is 10.7 Å². The Morgan fingerprint density at radius 2 is 1.85 bits per heavy atom. The smallest absolute Gasteiger partial charge is 0.0985 e. The van der Waals surface area contributed by atoms with Gasteiger partial charge in [-0.15, -0.1) is 11.3 Å². The summed E-state index contributed by atoms with van der Waals surface area (Å²) >= 11 is 1.87. The second-order valence-electron chi connectivity index (χ2n) is 7.00. The van der Waals surface area contributed by atoms with Crippen LogP contribution >= 0.6 is 11.3 Å². The number of thiazole rings is 1. The molecule has 0 amide bonds. The Balaban J connectivity index is 2.63. The number of nitrogens with one attached hydrogen (secondary N) is 1. The molecule has 20 heavy (non-hydrogen) atoms. The van der Waals surface area contributed by atoms with Crippen LogP contribution in [0.25, 0.3) is 0 Å². The monoisotopic (exact) mass is 296 g/mol. The lowest BCUT2D eigenvalue weighted by molar-refractivity contribution is 0.442. The molecule has 1 heterocycles. The molecular weight excluding hydrogens is 264 g/mol. The molecule has 0 aliphatic rings. The van der Waals surface area contributed by atoms with Crippen LogP contribution < -0.4 is 5.32 Å². The minimum atomic E-state index is 0.153. The number of nitrogens with zero attached hydrogens (tertiary/aromatic N) is 1. The molecule has 2 unspecified atom stereocenters. The first-order valence-electron chi connectivity index (χ1n) is 7.99. The molecule has 3 heteroatoms. The molecule has 0 bridgehead atoms. The molecule has 0 aliphatic carbocycles. The van der Waals surface area contributed by atoms with Gasteiger partial charge in [0.25, 0.3) is 0 Å². The van der Waals surface area contributed by atoms with Crippen molar-refractivity contribution in [3.8, 4) is 0 Å². The molecule has 0 fully saturated rings. The Hall–Kier alpha value is -0.410. The van der Waals surface area contributed by atoms with Crippen LogP contribution in [0.1, 0.15) is 88.8 Å². The van der Waals surface area contributed by atoms with Crippen LogP contribution in [0.5, 0.6) is 0 Å². The summed E-state index contributed by atoms with van der Waals surface area (Å²) in [5.74, 6) is 0. The number of hydrogen-bond donors (Lipinski definition) is 1. The minimum absolute atomic E-state index is 0.153. The number of aryl methyl sites for hydroxylation is 1. The minimum Gasteiger partial charge on any atom is -0.307 e. The molecule has 2 nitrogen and oxygen atoms in total. The molecule has 0 aromatic carbocycles. The summed E-state index contributed by atoms with van der Waals surface area (Å²) < 4.78 is 0. The van der Waals surface area contributed by atoms with Gasteiger partial charge in [0.1, 0.15) is 0 Å². The summed E-state index contributed by atoms with van der Waals surface area (Å²) in [7, 11) is 0. The van der Waals surface area contributed by atoms with E-state index in [0.29, 0.717) is 12.1 Å². The maximum Gasteiger partial charge on any atom is 0.0985 e. The van der Waals surface area contributed by atoms with Crippen LogP contribution in [0.4, 0.5) is 0 Å². The topological polar surface area (TPSA) is 24.9 Å². The lowest BCUT2D eigenvalue weighted by Gasteiger charge is -2.19. The van der Waals surface area contributed by atoms with E-state index in [4.69, 9.17) is 4.98 Å². The first kappa shape index (κ1) is 17.6. The van der Waals surface area contributed by atoms with Gasteiger partial charge in [-0.2, -0.15) is 0 Å². The fourth-order valence-corrected chi connectivity index (χ4v) is 3.55. The van der Waals surface area contributed by atoms with Crippen LogP contribution in [-0.2, 0) is 5.41 Å². The van der Waals surface area contributed by atoms with Crippen molar-refractivity contribution >= 4 is 11.3 Å². The zero-order chi connectivity index (χ0) is 15.3. The average molecular weight is 297 g/mol. The molecular formula is C17H32N2S. The normalized spacial score (nSPS) is 15.3. The number of aromatic nitrogens is 1. The lowest BCUT2D eigenvalue weighted by Crippen LogP contribution is -2.28. The second kappa shape index (κ2) is 7.56. The van der Waals surface area contributed by atoms with Crippen LogP contribution in [0.3, 0.4) is 0 Å². The lowest BCUT2D eigenvalue weighted by atomic mass is 9.98. The van der Waals surface area contributed by atoms with E-state index in [1.54, 1.807) is 0 Å². The second-order valence-corrected chi connectivity index (χ2v) is 8.03. The molecule has 0 aliphatic heterocycles. The number of rotatable bonds is 7. The van der Waals surface area contributed by atoms with Gasteiger partial charge in [-0.3, -0.25) is 0 Å².